The van der Waals surface area contributed by atoms with Crippen molar-refractivity contribution in [2.75, 3.05) is 19.5 Å². The first kappa shape index (κ1) is 13.9. The predicted octanol–water partition coefficient (Wildman–Crippen LogP) is 2.67. The zero-order valence-corrected chi connectivity index (χ0v) is 11.3. The lowest BCUT2D eigenvalue weighted by Gasteiger charge is -2.10. The monoisotopic (exact) mass is 254 g/mol. The lowest BCUT2D eigenvalue weighted by Crippen LogP contribution is -2.16. The highest BCUT2D eigenvalue weighted by atomic mass is 32.2. The van der Waals surface area contributed by atoms with Crippen molar-refractivity contribution in [3.63, 3.8) is 0 Å². The number of methoxy groups -OCH3 is 1. The maximum atomic E-state index is 11.1. The largest absolute Gasteiger partial charge is 0.493 e. The van der Waals surface area contributed by atoms with Gasteiger partial charge in [-0.1, -0.05) is 12.1 Å². The van der Waals surface area contributed by atoms with Gasteiger partial charge in [0.1, 0.15) is 5.75 Å². The summed E-state index contributed by atoms with van der Waals surface area (Å²) in [5.74, 6) is 1.45. The van der Waals surface area contributed by atoms with Gasteiger partial charge in [-0.15, -0.1) is 11.8 Å². The number of esters is 1. The molecule has 0 saturated heterocycles. The Morgan fingerprint density at radius 3 is 2.88 bits per heavy atom. The van der Waals surface area contributed by atoms with E-state index in [1.807, 2.05) is 38.1 Å². The van der Waals surface area contributed by atoms with Gasteiger partial charge in [-0.3, -0.25) is 4.79 Å². The van der Waals surface area contributed by atoms with E-state index in [1.165, 1.54) is 24.4 Å². The Morgan fingerprint density at radius 2 is 2.24 bits per heavy atom. The number of carbonyl (C=O) groups excluding carboxylic acids is 1. The molecule has 0 fully saturated rings. The van der Waals surface area contributed by atoms with Crippen molar-refractivity contribution in [1.82, 2.24) is 0 Å². The van der Waals surface area contributed by atoms with Gasteiger partial charge in [-0.2, -0.15) is 0 Å². The first-order chi connectivity index (χ1) is 8.13. The van der Waals surface area contributed by atoms with E-state index in [0.29, 0.717) is 6.61 Å². The molecule has 0 saturated carbocycles. The van der Waals surface area contributed by atoms with Crippen molar-refractivity contribution in [3.05, 3.63) is 29.8 Å². The topological polar surface area (TPSA) is 35.5 Å². The zero-order valence-electron chi connectivity index (χ0n) is 10.4. The molecule has 94 valence electrons. The predicted molar refractivity (Wildman–Crippen MR) is 70.6 cm³/mol. The van der Waals surface area contributed by atoms with Crippen LogP contribution in [0.5, 0.6) is 5.75 Å². The lowest BCUT2D eigenvalue weighted by atomic mass is 10.2. The standard InChI is InChI=1S/C13H18O3S/c1-10-5-4-6-12(9-10)16-7-8-17-11(2)13(14)15-3/h4-6,9,11H,7-8H2,1-3H3. The molecule has 1 unspecified atom stereocenters. The average Bonchev–Trinajstić information content (AvgIpc) is 2.33. The molecule has 0 aliphatic heterocycles. The summed E-state index contributed by atoms with van der Waals surface area (Å²) >= 11 is 1.53. The summed E-state index contributed by atoms with van der Waals surface area (Å²) in [6, 6.07) is 7.92. The number of benzene rings is 1. The molecule has 1 atom stereocenters. The van der Waals surface area contributed by atoms with Crippen LogP contribution in [0.1, 0.15) is 12.5 Å². The zero-order chi connectivity index (χ0) is 12.7. The minimum Gasteiger partial charge on any atom is -0.493 e. The summed E-state index contributed by atoms with van der Waals surface area (Å²) in [5.41, 5.74) is 1.18. The van der Waals surface area contributed by atoms with E-state index < -0.39 is 0 Å². The van der Waals surface area contributed by atoms with Crippen molar-refractivity contribution in [2.45, 2.75) is 19.1 Å². The van der Waals surface area contributed by atoms with E-state index in [9.17, 15) is 4.79 Å². The normalized spacial score (nSPS) is 11.9. The third kappa shape index (κ3) is 5.13. The first-order valence-electron chi connectivity index (χ1n) is 5.52. The van der Waals surface area contributed by atoms with Crippen molar-refractivity contribution in [2.24, 2.45) is 0 Å². The molecule has 0 amide bonds. The van der Waals surface area contributed by atoms with Gasteiger partial charge >= 0.3 is 5.97 Å². The second-order valence-corrected chi connectivity index (χ2v) is 5.15. The van der Waals surface area contributed by atoms with Crippen LogP contribution in [0.3, 0.4) is 0 Å². The number of rotatable bonds is 6. The van der Waals surface area contributed by atoms with Crippen molar-refractivity contribution >= 4 is 17.7 Å². The fourth-order valence-corrected chi connectivity index (χ4v) is 2.09. The number of thioether (sulfide) groups is 1. The molecule has 0 aliphatic rings. The Balaban J connectivity index is 2.22. The fourth-order valence-electron chi connectivity index (χ4n) is 1.32. The van der Waals surface area contributed by atoms with Gasteiger partial charge < -0.3 is 9.47 Å². The van der Waals surface area contributed by atoms with Gasteiger partial charge in [-0.05, 0) is 31.5 Å². The van der Waals surface area contributed by atoms with Crippen LogP contribution in [0.4, 0.5) is 0 Å². The van der Waals surface area contributed by atoms with Gasteiger partial charge in [0.25, 0.3) is 0 Å². The van der Waals surface area contributed by atoms with E-state index >= 15 is 0 Å². The fraction of sp³-hybridized carbons (Fsp3) is 0.462. The lowest BCUT2D eigenvalue weighted by molar-refractivity contribution is -0.139. The molecule has 1 aromatic rings. The van der Waals surface area contributed by atoms with E-state index in [1.54, 1.807) is 0 Å². The Labute approximate surface area is 106 Å². The Morgan fingerprint density at radius 1 is 1.47 bits per heavy atom. The van der Waals surface area contributed by atoms with Crippen LogP contribution < -0.4 is 4.74 Å². The van der Waals surface area contributed by atoms with Crippen LogP contribution in [-0.2, 0) is 9.53 Å². The van der Waals surface area contributed by atoms with E-state index in [2.05, 4.69) is 4.74 Å². The van der Waals surface area contributed by atoms with Gasteiger partial charge in [-0.25, -0.2) is 0 Å². The smallest absolute Gasteiger partial charge is 0.318 e. The molecule has 0 N–H and O–H groups in total. The van der Waals surface area contributed by atoms with Gasteiger partial charge in [0.2, 0.25) is 0 Å². The molecule has 0 bridgehead atoms. The van der Waals surface area contributed by atoms with Gasteiger partial charge in [0, 0.05) is 5.75 Å². The Bertz CT molecular complexity index is 365. The Kier molecular flexibility index (Phi) is 5.91. The molecule has 0 spiro atoms. The van der Waals surface area contributed by atoms with Crippen LogP contribution in [0.2, 0.25) is 0 Å². The highest BCUT2D eigenvalue weighted by Crippen LogP contribution is 2.15. The van der Waals surface area contributed by atoms with Crippen LogP contribution >= 0.6 is 11.8 Å². The van der Waals surface area contributed by atoms with Crippen molar-refractivity contribution in [3.8, 4) is 5.75 Å². The molecule has 0 radical (unpaired) electrons. The number of ether oxygens (including phenoxy) is 2. The third-order valence-electron chi connectivity index (χ3n) is 2.24. The second-order valence-electron chi connectivity index (χ2n) is 3.70. The van der Waals surface area contributed by atoms with Crippen LogP contribution in [0.25, 0.3) is 0 Å². The highest BCUT2D eigenvalue weighted by molar-refractivity contribution is 8.00. The number of carbonyl (C=O) groups is 1. The molecule has 1 aromatic carbocycles. The van der Waals surface area contributed by atoms with Crippen molar-refractivity contribution in [1.29, 1.82) is 0 Å². The molecule has 17 heavy (non-hydrogen) atoms. The second kappa shape index (κ2) is 7.22. The third-order valence-corrected chi connectivity index (χ3v) is 3.34. The SMILES string of the molecule is COC(=O)C(C)SCCOc1cccc(C)c1. The minimum atomic E-state index is -0.189. The first-order valence-corrected chi connectivity index (χ1v) is 6.57. The van der Waals surface area contributed by atoms with Gasteiger partial charge in [0.05, 0.1) is 19.0 Å². The summed E-state index contributed by atoms with van der Waals surface area (Å²) in [7, 11) is 1.41. The van der Waals surface area contributed by atoms with Crippen LogP contribution in [0.15, 0.2) is 24.3 Å². The molecule has 1 rings (SSSR count). The molecule has 0 aliphatic carbocycles. The Hall–Kier alpha value is -1.16. The van der Waals surface area contributed by atoms with E-state index in [-0.39, 0.29) is 11.2 Å². The summed E-state index contributed by atoms with van der Waals surface area (Å²) in [4.78, 5) is 11.1. The summed E-state index contributed by atoms with van der Waals surface area (Å²) < 4.78 is 10.2. The summed E-state index contributed by atoms with van der Waals surface area (Å²) in [5, 5.41) is -0.138. The van der Waals surface area contributed by atoms with Crippen LogP contribution in [-0.4, -0.2) is 30.7 Å². The van der Waals surface area contributed by atoms with Crippen molar-refractivity contribution < 1.29 is 14.3 Å². The minimum absolute atomic E-state index is 0.138. The van der Waals surface area contributed by atoms with E-state index in [4.69, 9.17) is 4.74 Å². The summed E-state index contributed by atoms with van der Waals surface area (Å²) in [6.45, 7) is 4.46. The number of hydrogen-bond donors (Lipinski definition) is 0. The molecular formula is C13H18O3S. The molecule has 4 heteroatoms. The summed E-state index contributed by atoms with van der Waals surface area (Å²) in [6.07, 6.45) is 0. The maximum Gasteiger partial charge on any atom is 0.318 e. The maximum absolute atomic E-state index is 11.1. The quantitative estimate of drug-likeness (QED) is 0.577. The molecule has 3 nitrogen and oxygen atoms in total. The van der Waals surface area contributed by atoms with E-state index in [0.717, 1.165) is 11.5 Å². The average molecular weight is 254 g/mol. The molecule has 0 aromatic heterocycles. The molecule has 0 heterocycles. The highest BCUT2D eigenvalue weighted by Gasteiger charge is 2.12. The van der Waals surface area contributed by atoms with Crippen LogP contribution in [0, 0.1) is 6.92 Å². The van der Waals surface area contributed by atoms with Gasteiger partial charge in [0.15, 0.2) is 0 Å². The number of hydrogen-bond acceptors (Lipinski definition) is 4. The number of aryl methyl sites for hydroxylation is 1. The molecular weight excluding hydrogens is 236 g/mol.